The average Bonchev–Trinajstić information content (AvgIpc) is 2.95. The molecule has 6 atom stereocenters. The van der Waals surface area contributed by atoms with Gasteiger partial charge in [-0.25, -0.2) is 0 Å². The SMILES string of the molecule is CC/C(C)=C(\CO)C1(O)Cc2c(O)c3c(c(O)c2C(OC2CC(N)C(O)C(C)O2)C1)C(=O)c1c(OC)cccc1C3=O. The maximum Gasteiger partial charge on any atom is 0.202 e. The molecule has 1 aliphatic heterocycles. The van der Waals surface area contributed by atoms with Gasteiger partial charge in [0.25, 0.3) is 0 Å². The molecule has 7 N–H and O–H groups in total. The Labute approximate surface area is 243 Å². The van der Waals surface area contributed by atoms with Crippen LogP contribution in [0.2, 0.25) is 0 Å². The molecule has 2 aromatic carbocycles. The second-order valence-corrected chi connectivity index (χ2v) is 11.3. The quantitative estimate of drug-likeness (QED) is 0.184. The summed E-state index contributed by atoms with van der Waals surface area (Å²) in [5, 5.41) is 55.9. The Kier molecular flexibility index (Phi) is 7.94. The Hall–Kier alpha value is -3.32. The van der Waals surface area contributed by atoms with Gasteiger partial charge in [0.1, 0.15) is 17.2 Å². The van der Waals surface area contributed by atoms with Gasteiger partial charge in [-0.2, -0.15) is 0 Å². The second-order valence-electron chi connectivity index (χ2n) is 11.3. The van der Waals surface area contributed by atoms with E-state index in [-0.39, 0.29) is 58.4 Å². The summed E-state index contributed by atoms with van der Waals surface area (Å²) in [5.74, 6) is -2.38. The molecule has 0 saturated carbocycles. The summed E-state index contributed by atoms with van der Waals surface area (Å²) < 4.78 is 17.4. The Morgan fingerprint density at radius 1 is 1.14 bits per heavy atom. The number of carbonyl (C=O) groups excluding carboxylic acids is 2. The third-order valence-electron chi connectivity index (χ3n) is 8.91. The average molecular weight is 584 g/mol. The van der Waals surface area contributed by atoms with Crippen molar-refractivity contribution in [3.63, 3.8) is 0 Å². The number of fused-ring (bicyclic) bond motifs is 3. The summed E-state index contributed by atoms with van der Waals surface area (Å²) >= 11 is 0. The van der Waals surface area contributed by atoms with E-state index in [9.17, 15) is 35.1 Å². The molecule has 6 unspecified atom stereocenters. The number of aromatic hydroxyl groups is 2. The van der Waals surface area contributed by atoms with Crippen molar-refractivity contribution >= 4 is 11.6 Å². The highest BCUT2D eigenvalue weighted by atomic mass is 16.7. The van der Waals surface area contributed by atoms with Crippen LogP contribution < -0.4 is 10.5 Å². The van der Waals surface area contributed by atoms with Crippen LogP contribution in [-0.4, -0.2) is 81.0 Å². The molecule has 3 aliphatic rings. The van der Waals surface area contributed by atoms with Crippen LogP contribution in [0.15, 0.2) is 29.3 Å². The normalized spacial score (nSPS) is 29.4. The number of carbonyl (C=O) groups is 2. The Morgan fingerprint density at radius 2 is 1.83 bits per heavy atom. The van der Waals surface area contributed by atoms with E-state index in [1.165, 1.54) is 19.2 Å². The fourth-order valence-corrected chi connectivity index (χ4v) is 6.51. The van der Waals surface area contributed by atoms with Crippen LogP contribution >= 0.6 is 0 Å². The summed E-state index contributed by atoms with van der Waals surface area (Å²) in [6, 6.07) is 3.83. The molecule has 0 radical (unpaired) electrons. The fraction of sp³-hybridized carbons (Fsp3) is 0.484. The lowest BCUT2D eigenvalue weighted by molar-refractivity contribution is -0.246. The first kappa shape index (κ1) is 30.1. The molecule has 0 spiro atoms. The number of phenols is 2. The molecule has 0 aromatic heterocycles. The molecule has 11 heteroatoms. The first-order valence-electron chi connectivity index (χ1n) is 14.0. The summed E-state index contributed by atoms with van der Waals surface area (Å²) in [4.78, 5) is 27.5. The first-order chi connectivity index (χ1) is 19.9. The zero-order valence-corrected chi connectivity index (χ0v) is 24.0. The predicted octanol–water partition coefficient (Wildman–Crippen LogP) is 2.16. The minimum atomic E-state index is -1.74. The van der Waals surface area contributed by atoms with Crippen molar-refractivity contribution in [1.82, 2.24) is 0 Å². The number of methoxy groups -OCH3 is 1. The third kappa shape index (κ3) is 4.61. The van der Waals surface area contributed by atoms with Crippen LogP contribution in [0, 0.1) is 0 Å². The number of ether oxygens (including phenoxy) is 3. The van der Waals surface area contributed by atoms with E-state index in [1.54, 1.807) is 19.9 Å². The van der Waals surface area contributed by atoms with E-state index < -0.39 is 65.9 Å². The van der Waals surface area contributed by atoms with Crippen molar-refractivity contribution in [3.8, 4) is 17.2 Å². The van der Waals surface area contributed by atoms with Gasteiger partial charge in [-0.1, -0.05) is 24.6 Å². The van der Waals surface area contributed by atoms with Gasteiger partial charge in [-0.05, 0) is 31.9 Å². The van der Waals surface area contributed by atoms with Gasteiger partial charge in [0, 0.05) is 42.0 Å². The molecular weight excluding hydrogens is 546 g/mol. The highest BCUT2D eigenvalue weighted by Gasteiger charge is 2.49. The minimum Gasteiger partial charge on any atom is -0.507 e. The van der Waals surface area contributed by atoms with E-state index in [0.29, 0.717) is 12.0 Å². The van der Waals surface area contributed by atoms with E-state index in [1.807, 2.05) is 6.92 Å². The third-order valence-corrected chi connectivity index (χ3v) is 8.91. The zero-order chi connectivity index (χ0) is 30.7. The summed E-state index contributed by atoms with van der Waals surface area (Å²) in [7, 11) is 1.36. The van der Waals surface area contributed by atoms with Gasteiger partial charge < -0.3 is 45.5 Å². The van der Waals surface area contributed by atoms with E-state index in [0.717, 1.165) is 5.57 Å². The molecule has 2 aromatic rings. The molecule has 2 aliphatic carbocycles. The molecule has 0 amide bonds. The largest absolute Gasteiger partial charge is 0.507 e. The van der Waals surface area contributed by atoms with Crippen LogP contribution in [0.5, 0.6) is 17.2 Å². The molecule has 1 fully saturated rings. The fourth-order valence-electron chi connectivity index (χ4n) is 6.51. The van der Waals surface area contributed by atoms with Gasteiger partial charge in [-0.15, -0.1) is 0 Å². The Bertz CT molecular complexity index is 1470. The number of aliphatic hydroxyl groups is 3. The zero-order valence-electron chi connectivity index (χ0n) is 24.0. The van der Waals surface area contributed by atoms with Gasteiger partial charge >= 0.3 is 0 Å². The van der Waals surface area contributed by atoms with Crippen molar-refractivity contribution in [2.24, 2.45) is 5.73 Å². The second kappa shape index (κ2) is 11.1. The number of aliphatic hydroxyl groups excluding tert-OH is 2. The molecule has 11 nitrogen and oxygen atoms in total. The number of hydrogen-bond donors (Lipinski definition) is 6. The van der Waals surface area contributed by atoms with Crippen LogP contribution in [-0.2, 0) is 15.9 Å². The standard InChI is InChI=1S/C31H37NO10/c1-5-13(2)17(12-33)31(39)10-16-23(20(11-31)42-21-9-18(32)26(34)14(3)41-21)30(38)25-24(28(16)36)27(35)15-7-6-8-19(40-4)22(15)29(25)37/h6-8,14,18,20-21,26,33-34,36,38-39H,5,9-12,32H2,1-4H3/b17-13+. The van der Waals surface area contributed by atoms with Crippen molar-refractivity contribution in [2.45, 2.75) is 82.7 Å². The molecule has 42 heavy (non-hydrogen) atoms. The van der Waals surface area contributed by atoms with E-state index in [4.69, 9.17) is 19.9 Å². The highest BCUT2D eigenvalue weighted by molar-refractivity contribution is 6.31. The summed E-state index contributed by atoms with van der Waals surface area (Å²) in [6.45, 7) is 4.81. The first-order valence-corrected chi connectivity index (χ1v) is 14.0. The summed E-state index contributed by atoms with van der Waals surface area (Å²) in [6.07, 6.45) is -3.57. The van der Waals surface area contributed by atoms with Crippen LogP contribution in [0.4, 0.5) is 0 Å². The maximum atomic E-state index is 13.8. The van der Waals surface area contributed by atoms with E-state index >= 15 is 0 Å². The van der Waals surface area contributed by atoms with Crippen LogP contribution in [0.1, 0.15) is 89.1 Å². The van der Waals surface area contributed by atoms with E-state index in [2.05, 4.69) is 0 Å². The van der Waals surface area contributed by atoms with Crippen molar-refractivity contribution < 1.29 is 49.3 Å². The Balaban J connectivity index is 1.72. The highest BCUT2D eigenvalue weighted by Crippen LogP contribution is 2.53. The molecule has 1 saturated heterocycles. The number of nitrogens with two attached hydrogens (primary N) is 1. The number of rotatable bonds is 6. The van der Waals surface area contributed by atoms with Crippen molar-refractivity contribution in [2.75, 3.05) is 13.7 Å². The number of phenolic OH excluding ortho intramolecular Hbond substituents is 2. The lowest BCUT2D eigenvalue weighted by Gasteiger charge is -2.44. The number of ketones is 2. The van der Waals surface area contributed by atoms with Crippen molar-refractivity contribution in [1.29, 1.82) is 0 Å². The lowest BCUT2D eigenvalue weighted by atomic mass is 9.70. The lowest BCUT2D eigenvalue weighted by Crippen LogP contribution is -2.52. The maximum absolute atomic E-state index is 13.8. The number of hydrogen-bond acceptors (Lipinski definition) is 11. The van der Waals surface area contributed by atoms with Crippen LogP contribution in [0.25, 0.3) is 0 Å². The smallest absolute Gasteiger partial charge is 0.202 e. The van der Waals surface area contributed by atoms with Crippen LogP contribution in [0.3, 0.4) is 0 Å². The van der Waals surface area contributed by atoms with Gasteiger partial charge in [0.2, 0.25) is 5.78 Å². The number of allylic oxidation sites excluding steroid dienone is 1. The number of benzene rings is 2. The topological polar surface area (TPSA) is 189 Å². The van der Waals surface area contributed by atoms with Gasteiger partial charge in [-0.3, -0.25) is 9.59 Å². The molecule has 5 rings (SSSR count). The van der Waals surface area contributed by atoms with Gasteiger partial charge in [0.15, 0.2) is 12.1 Å². The minimum absolute atomic E-state index is 0.00952. The molecule has 1 heterocycles. The molecular formula is C31H37NO10. The Morgan fingerprint density at radius 3 is 2.45 bits per heavy atom. The molecule has 0 bridgehead atoms. The summed E-state index contributed by atoms with van der Waals surface area (Å²) in [5.41, 5.74) is 4.66. The molecule has 226 valence electrons. The van der Waals surface area contributed by atoms with Crippen molar-refractivity contribution in [3.05, 3.63) is 62.7 Å². The van der Waals surface area contributed by atoms with Gasteiger partial charge in [0.05, 0.1) is 54.3 Å². The monoisotopic (exact) mass is 583 g/mol. The predicted molar refractivity (Wildman–Crippen MR) is 150 cm³/mol.